The fourth-order valence-corrected chi connectivity index (χ4v) is 3.89. The first-order valence-electron chi connectivity index (χ1n) is 7.78. The highest BCUT2D eigenvalue weighted by Crippen LogP contribution is 2.35. The summed E-state index contributed by atoms with van der Waals surface area (Å²) in [7, 11) is 0. The fraction of sp³-hybridized carbons (Fsp3) is 0.500. The Hall–Kier alpha value is -1.71. The van der Waals surface area contributed by atoms with Crippen LogP contribution in [0.1, 0.15) is 20.8 Å². The van der Waals surface area contributed by atoms with Crippen LogP contribution in [0.5, 0.6) is 5.75 Å². The van der Waals surface area contributed by atoms with Crippen molar-refractivity contribution in [2.24, 2.45) is 0 Å². The van der Waals surface area contributed by atoms with Gasteiger partial charge in [0.2, 0.25) is 0 Å². The van der Waals surface area contributed by atoms with Crippen molar-refractivity contribution in [3.05, 3.63) is 22.4 Å². The second-order valence-corrected chi connectivity index (χ2v) is 7.46. The van der Waals surface area contributed by atoms with Crippen molar-refractivity contribution in [1.29, 1.82) is 0 Å². The van der Waals surface area contributed by atoms with Crippen LogP contribution in [0.2, 0.25) is 10.2 Å². The molecule has 4 atom stereocenters. The highest BCUT2D eigenvalue weighted by molar-refractivity contribution is 7.99. The van der Waals surface area contributed by atoms with Crippen LogP contribution in [0, 0.1) is 0 Å². The summed E-state index contributed by atoms with van der Waals surface area (Å²) in [6.45, 7) is 3.65. The molecular formula is C16H17Cl2NO7S. The number of rotatable bonds is 5. The lowest BCUT2D eigenvalue weighted by molar-refractivity contribution is -0.186. The van der Waals surface area contributed by atoms with E-state index in [-0.39, 0.29) is 21.7 Å². The van der Waals surface area contributed by atoms with Gasteiger partial charge in [-0.05, 0) is 0 Å². The molecule has 2 rings (SSSR count). The van der Waals surface area contributed by atoms with Crippen LogP contribution in [0.3, 0.4) is 0 Å². The predicted octanol–water partition coefficient (Wildman–Crippen LogP) is 2.64. The van der Waals surface area contributed by atoms with Crippen molar-refractivity contribution in [1.82, 2.24) is 4.98 Å². The minimum atomic E-state index is -1.03. The summed E-state index contributed by atoms with van der Waals surface area (Å²) in [6.07, 6.45) is -1.49. The predicted molar refractivity (Wildman–Crippen MR) is 97.8 cm³/mol. The van der Waals surface area contributed by atoms with Gasteiger partial charge in [-0.15, -0.1) is 11.8 Å². The minimum absolute atomic E-state index is 0.115. The first-order chi connectivity index (χ1) is 12.7. The van der Waals surface area contributed by atoms with Gasteiger partial charge in [0, 0.05) is 32.6 Å². The second-order valence-electron chi connectivity index (χ2n) is 5.56. The maximum atomic E-state index is 11.6. The highest BCUT2D eigenvalue weighted by atomic mass is 35.5. The maximum absolute atomic E-state index is 11.6. The lowest BCUT2D eigenvalue weighted by Gasteiger charge is -2.39. The van der Waals surface area contributed by atoms with Crippen molar-refractivity contribution >= 4 is 52.9 Å². The Kier molecular flexibility index (Phi) is 7.58. The first kappa shape index (κ1) is 21.6. The number of nitrogens with zero attached hydrogens (tertiary/aromatic N) is 1. The summed E-state index contributed by atoms with van der Waals surface area (Å²) >= 11 is 13.0. The lowest BCUT2D eigenvalue weighted by atomic mass is 10.1. The molecule has 0 radical (unpaired) electrons. The molecule has 11 heteroatoms. The third-order valence-corrected chi connectivity index (χ3v) is 5.23. The van der Waals surface area contributed by atoms with Crippen molar-refractivity contribution in [2.75, 3.05) is 5.75 Å². The highest BCUT2D eigenvalue weighted by Gasteiger charge is 2.47. The molecule has 1 fully saturated rings. The Balaban J connectivity index is 2.28. The van der Waals surface area contributed by atoms with Gasteiger partial charge >= 0.3 is 17.9 Å². The Morgan fingerprint density at radius 1 is 1.04 bits per heavy atom. The van der Waals surface area contributed by atoms with Crippen LogP contribution in [0.25, 0.3) is 0 Å². The summed E-state index contributed by atoms with van der Waals surface area (Å²) < 4.78 is 21.6. The minimum Gasteiger partial charge on any atom is -0.474 e. The number of thioether (sulfide) groups is 1. The van der Waals surface area contributed by atoms with Crippen LogP contribution in [0.4, 0.5) is 0 Å². The summed E-state index contributed by atoms with van der Waals surface area (Å²) in [5.74, 6) is -1.23. The quantitative estimate of drug-likeness (QED) is 0.390. The van der Waals surface area contributed by atoms with E-state index >= 15 is 0 Å². The van der Waals surface area contributed by atoms with E-state index in [1.165, 1.54) is 44.8 Å². The number of ether oxygens (including phenoxy) is 4. The van der Waals surface area contributed by atoms with Gasteiger partial charge in [0.1, 0.15) is 10.9 Å². The van der Waals surface area contributed by atoms with Gasteiger partial charge in [0.25, 0.3) is 0 Å². The molecule has 0 N–H and O–H groups in total. The zero-order chi connectivity index (χ0) is 20.1. The average molecular weight is 438 g/mol. The van der Waals surface area contributed by atoms with Gasteiger partial charge in [0.15, 0.2) is 23.7 Å². The van der Waals surface area contributed by atoms with E-state index in [1.807, 2.05) is 0 Å². The molecule has 0 aromatic carbocycles. The number of hydrogen-bond acceptors (Lipinski definition) is 9. The molecular weight excluding hydrogens is 421 g/mol. The van der Waals surface area contributed by atoms with Gasteiger partial charge in [0.05, 0.1) is 11.2 Å². The Labute approximate surface area is 169 Å². The van der Waals surface area contributed by atoms with E-state index < -0.39 is 41.7 Å². The van der Waals surface area contributed by atoms with Crippen LogP contribution in [0.15, 0.2) is 12.3 Å². The molecule has 1 saturated heterocycles. The second kappa shape index (κ2) is 9.48. The molecule has 0 saturated carbocycles. The molecule has 2 heterocycles. The van der Waals surface area contributed by atoms with Crippen molar-refractivity contribution in [2.45, 2.75) is 44.5 Å². The lowest BCUT2D eigenvalue weighted by Crippen LogP contribution is -2.55. The fourth-order valence-electron chi connectivity index (χ4n) is 2.41. The molecule has 8 nitrogen and oxygen atoms in total. The molecule has 0 unspecified atom stereocenters. The summed E-state index contributed by atoms with van der Waals surface area (Å²) in [4.78, 5) is 38.4. The molecule has 1 aliphatic rings. The number of halogens is 2. The zero-order valence-corrected chi connectivity index (χ0v) is 17.0. The summed E-state index contributed by atoms with van der Waals surface area (Å²) in [5, 5.41) is 0.304. The van der Waals surface area contributed by atoms with Gasteiger partial charge in [-0.25, -0.2) is 4.98 Å². The van der Waals surface area contributed by atoms with Crippen molar-refractivity contribution in [3.63, 3.8) is 0 Å². The maximum Gasteiger partial charge on any atom is 0.303 e. The van der Waals surface area contributed by atoms with E-state index in [4.69, 9.17) is 42.1 Å². The SMILES string of the molecule is CC(=O)O[C@@H]1[C@@H](OC(C)=O)[C@H](OC(C)=O)CS[C@H]1Oc1cnc(Cl)c(Cl)c1. The average Bonchev–Trinajstić information content (AvgIpc) is 2.55. The summed E-state index contributed by atoms with van der Waals surface area (Å²) in [5.41, 5.74) is -0.760. The van der Waals surface area contributed by atoms with Crippen LogP contribution in [-0.2, 0) is 28.6 Å². The van der Waals surface area contributed by atoms with E-state index in [9.17, 15) is 14.4 Å². The Bertz CT molecular complexity index is 733. The van der Waals surface area contributed by atoms with E-state index in [2.05, 4.69) is 4.98 Å². The number of carbonyl (C=O) groups excluding carboxylic acids is 3. The number of pyridine rings is 1. The molecule has 0 bridgehead atoms. The molecule has 148 valence electrons. The molecule has 1 aromatic heterocycles. The standard InChI is InChI=1S/C16H17Cl2NO7S/c1-7(20)23-12-6-27-16(26-10-4-11(17)15(18)19-5-10)14(25-9(3)22)13(12)24-8(2)21/h4-5,12-14,16H,6H2,1-3H3/t12-,13+,14-,16-/m1/s1. The molecule has 1 aromatic rings. The van der Waals surface area contributed by atoms with Crippen molar-refractivity contribution in [3.8, 4) is 5.75 Å². The number of carbonyl (C=O) groups is 3. The molecule has 0 spiro atoms. The smallest absolute Gasteiger partial charge is 0.303 e. The van der Waals surface area contributed by atoms with E-state index in [0.29, 0.717) is 0 Å². The van der Waals surface area contributed by atoms with Crippen LogP contribution >= 0.6 is 35.0 Å². The Morgan fingerprint density at radius 2 is 1.63 bits per heavy atom. The van der Waals surface area contributed by atoms with Crippen LogP contribution in [-0.4, -0.2) is 52.4 Å². The largest absolute Gasteiger partial charge is 0.474 e. The monoisotopic (exact) mass is 437 g/mol. The summed E-state index contributed by atoms with van der Waals surface area (Å²) in [6, 6.07) is 1.46. The van der Waals surface area contributed by atoms with Gasteiger partial charge in [-0.3, -0.25) is 14.4 Å². The zero-order valence-electron chi connectivity index (χ0n) is 14.6. The Morgan fingerprint density at radius 3 is 2.19 bits per heavy atom. The number of esters is 3. The number of aromatic nitrogens is 1. The first-order valence-corrected chi connectivity index (χ1v) is 9.58. The third kappa shape index (κ3) is 6.15. The van der Waals surface area contributed by atoms with Crippen LogP contribution < -0.4 is 4.74 Å². The molecule has 0 aliphatic carbocycles. The van der Waals surface area contributed by atoms with Gasteiger partial charge in [-0.1, -0.05) is 23.2 Å². The third-order valence-electron chi connectivity index (χ3n) is 3.33. The van der Waals surface area contributed by atoms with Gasteiger partial charge < -0.3 is 18.9 Å². The van der Waals surface area contributed by atoms with Gasteiger partial charge in [-0.2, -0.15) is 0 Å². The normalized spacial score (nSPS) is 24.6. The molecule has 0 amide bonds. The van der Waals surface area contributed by atoms with E-state index in [0.717, 1.165) is 0 Å². The number of hydrogen-bond donors (Lipinski definition) is 0. The molecule has 1 aliphatic heterocycles. The topological polar surface area (TPSA) is 101 Å². The van der Waals surface area contributed by atoms with E-state index in [1.54, 1.807) is 0 Å². The molecule has 27 heavy (non-hydrogen) atoms. The van der Waals surface area contributed by atoms with Crippen molar-refractivity contribution < 1.29 is 33.3 Å².